The summed E-state index contributed by atoms with van der Waals surface area (Å²) in [5, 5.41) is 2.95. The summed E-state index contributed by atoms with van der Waals surface area (Å²) in [6.07, 6.45) is 0.885. The fourth-order valence-electron chi connectivity index (χ4n) is 1.61. The SMILES string of the molecule is Cc1ccccc1CCNC(=O)C(Br)C(C)C. The Morgan fingerprint density at radius 2 is 2.00 bits per heavy atom. The molecule has 1 unspecified atom stereocenters. The van der Waals surface area contributed by atoms with E-state index in [1.54, 1.807) is 0 Å². The fourth-order valence-corrected chi connectivity index (χ4v) is 1.77. The highest BCUT2D eigenvalue weighted by atomic mass is 79.9. The second-order valence-electron chi connectivity index (χ2n) is 4.61. The molecule has 0 aliphatic rings. The van der Waals surface area contributed by atoms with Crippen molar-refractivity contribution in [1.29, 1.82) is 0 Å². The number of alkyl halides is 1. The summed E-state index contributed by atoms with van der Waals surface area (Å²) in [4.78, 5) is 11.6. The predicted molar refractivity (Wildman–Crippen MR) is 75.4 cm³/mol. The molecular formula is C14H20BrNO. The van der Waals surface area contributed by atoms with Crippen LogP contribution in [0.1, 0.15) is 25.0 Å². The van der Waals surface area contributed by atoms with E-state index in [1.807, 2.05) is 26.0 Å². The number of aryl methyl sites for hydroxylation is 1. The van der Waals surface area contributed by atoms with Crippen molar-refractivity contribution in [2.45, 2.75) is 32.0 Å². The second kappa shape index (κ2) is 6.80. The molecule has 0 saturated heterocycles. The Labute approximate surface area is 112 Å². The number of carbonyl (C=O) groups is 1. The van der Waals surface area contributed by atoms with Crippen molar-refractivity contribution in [2.24, 2.45) is 5.92 Å². The number of halogens is 1. The molecule has 0 spiro atoms. The lowest BCUT2D eigenvalue weighted by Crippen LogP contribution is -2.35. The number of amides is 1. The van der Waals surface area contributed by atoms with Crippen LogP contribution < -0.4 is 5.32 Å². The van der Waals surface area contributed by atoms with Gasteiger partial charge in [-0.25, -0.2) is 0 Å². The van der Waals surface area contributed by atoms with Gasteiger partial charge in [0.1, 0.15) is 0 Å². The van der Waals surface area contributed by atoms with E-state index in [9.17, 15) is 4.79 Å². The molecule has 1 amide bonds. The van der Waals surface area contributed by atoms with Gasteiger partial charge in [0.2, 0.25) is 5.91 Å². The maximum absolute atomic E-state index is 11.7. The van der Waals surface area contributed by atoms with Gasteiger partial charge in [-0.05, 0) is 30.4 Å². The molecule has 94 valence electrons. The van der Waals surface area contributed by atoms with E-state index in [0.29, 0.717) is 12.5 Å². The van der Waals surface area contributed by atoms with E-state index >= 15 is 0 Å². The highest BCUT2D eigenvalue weighted by molar-refractivity contribution is 9.10. The van der Waals surface area contributed by atoms with Crippen LogP contribution in [0.2, 0.25) is 0 Å². The first-order valence-corrected chi connectivity index (χ1v) is 6.90. The zero-order valence-corrected chi connectivity index (χ0v) is 12.3. The van der Waals surface area contributed by atoms with Gasteiger partial charge < -0.3 is 5.32 Å². The maximum Gasteiger partial charge on any atom is 0.234 e. The Morgan fingerprint density at radius 3 is 2.59 bits per heavy atom. The average Bonchev–Trinajstić information content (AvgIpc) is 2.30. The molecule has 0 aliphatic heterocycles. The molecule has 3 heteroatoms. The lowest BCUT2D eigenvalue weighted by molar-refractivity contribution is -0.121. The number of nitrogens with one attached hydrogen (secondary N) is 1. The summed E-state index contributed by atoms with van der Waals surface area (Å²) in [6, 6.07) is 8.27. The van der Waals surface area contributed by atoms with Crippen molar-refractivity contribution in [3.63, 3.8) is 0 Å². The van der Waals surface area contributed by atoms with Crippen LogP contribution in [0, 0.1) is 12.8 Å². The van der Waals surface area contributed by atoms with Gasteiger partial charge in [-0.3, -0.25) is 4.79 Å². The van der Waals surface area contributed by atoms with Crippen LogP contribution in [0.4, 0.5) is 0 Å². The van der Waals surface area contributed by atoms with Crippen molar-refractivity contribution in [3.05, 3.63) is 35.4 Å². The molecule has 2 nitrogen and oxygen atoms in total. The molecule has 1 rings (SSSR count). The minimum absolute atomic E-state index is 0.0774. The number of rotatable bonds is 5. The zero-order chi connectivity index (χ0) is 12.8. The molecule has 0 radical (unpaired) electrons. The first-order valence-electron chi connectivity index (χ1n) is 5.98. The first kappa shape index (κ1) is 14.2. The molecule has 1 atom stereocenters. The van der Waals surface area contributed by atoms with Gasteiger partial charge in [0.05, 0.1) is 4.83 Å². The van der Waals surface area contributed by atoms with Crippen LogP contribution in [0.5, 0.6) is 0 Å². The van der Waals surface area contributed by atoms with Crippen LogP contribution in [0.3, 0.4) is 0 Å². The monoisotopic (exact) mass is 297 g/mol. The highest BCUT2D eigenvalue weighted by Crippen LogP contribution is 2.12. The standard InChI is InChI=1S/C14H20BrNO/c1-10(2)13(15)14(17)16-9-8-12-7-5-4-6-11(12)3/h4-7,10,13H,8-9H2,1-3H3,(H,16,17). The molecular weight excluding hydrogens is 278 g/mol. The zero-order valence-electron chi connectivity index (χ0n) is 10.7. The van der Waals surface area contributed by atoms with E-state index in [0.717, 1.165) is 6.42 Å². The topological polar surface area (TPSA) is 29.1 Å². The Hall–Kier alpha value is -0.830. The van der Waals surface area contributed by atoms with Gasteiger partial charge in [0.25, 0.3) is 0 Å². The Morgan fingerprint density at radius 1 is 1.35 bits per heavy atom. The second-order valence-corrected chi connectivity index (χ2v) is 5.60. The summed E-state index contributed by atoms with van der Waals surface area (Å²) in [7, 11) is 0. The van der Waals surface area contributed by atoms with Gasteiger partial charge in [-0.2, -0.15) is 0 Å². The first-order chi connectivity index (χ1) is 8.02. The van der Waals surface area contributed by atoms with Crippen LogP contribution in [0.25, 0.3) is 0 Å². The van der Waals surface area contributed by atoms with E-state index in [4.69, 9.17) is 0 Å². The quantitative estimate of drug-likeness (QED) is 0.832. The third-order valence-electron chi connectivity index (χ3n) is 2.79. The third-order valence-corrected chi connectivity index (χ3v) is 4.26. The summed E-state index contributed by atoms with van der Waals surface area (Å²) in [6.45, 7) is 6.84. The predicted octanol–water partition coefficient (Wildman–Crippen LogP) is 3.07. The molecule has 1 N–H and O–H groups in total. The fraction of sp³-hybridized carbons (Fsp3) is 0.500. The minimum Gasteiger partial charge on any atom is -0.355 e. The minimum atomic E-state index is -0.0978. The van der Waals surface area contributed by atoms with Gasteiger partial charge in [-0.15, -0.1) is 0 Å². The van der Waals surface area contributed by atoms with Crippen molar-refractivity contribution in [2.75, 3.05) is 6.54 Å². The lowest BCUT2D eigenvalue weighted by atomic mass is 10.1. The van der Waals surface area contributed by atoms with Crippen molar-refractivity contribution >= 4 is 21.8 Å². The summed E-state index contributed by atoms with van der Waals surface area (Å²) in [5.74, 6) is 0.391. The average molecular weight is 298 g/mol. The molecule has 0 aromatic heterocycles. The van der Waals surface area contributed by atoms with E-state index < -0.39 is 0 Å². The third kappa shape index (κ3) is 4.50. The van der Waals surface area contributed by atoms with E-state index in [2.05, 4.69) is 40.3 Å². The molecule has 1 aromatic rings. The molecule has 0 fully saturated rings. The summed E-state index contributed by atoms with van der Waals surface area (Å²) < 4.78 is 0. The van der Waals surface area contributed by atoms with Crippen molar-refractivity contribution < 1.29 is 4.79 Å². The number of hydrogen-bond donors (Lipinski definition) is 1. The van der Waals surface area contributed by atoms with Crippen LogP contribution in [0.15, 0.2) is 24.3 Å². The Bertz CT molecular complexity index is 376. The smallest absolute Gasteiger partial charge is 0.234 e. The van der Waals surface area contributed by atoms with Crippen LogP contribution in [-0.4, -0.2) is 17.3 Å². The molecule has 1 aromatic carbocycles. The Kier molecular flexibility index (Phi) is 5.69. The highest BCUT2D eigenvalue weighted by Gasteiger charge is 2.17. The largest absolute Gasteiger partial charge is 0.355 e. The van der Waals surface area contributed by atoms with Crippen molar-refractivity contribution in [3.8, 4) is 0 Å². The van der Waals surface area contributed by atoms with Gasteiger partial charge in [-0.1, -0.05) is 54.0 Å². The lowest BCUT2D eigenvalue weighted by Gasteiger charge is -2.14. The molecule has 17 heavy (non-hydrogen) atoms. The number of benzene rings is 1. The van der Waals surface area contributed by atoms with E-state index in [1.165, 1.54) is 11.1 Å². The molecule has 0 bridgehead atoms. The Balaban J connectivity index is 2.38. The van der Waals surface area contributed by atoms with Crippen molar-refractivity contribution in [1.82, 2.24) is 5.32 Å². The molecule has 0 saturated carbocycles. The van der Waals surface area contributed by atoms with E-state index in [-0.39, 0.29) is 10.7 Å². The normalized spacial score (nSPS) is 12.5. The van der Waals surface area contributed by atoms with Crippen LogP contribution >= 0.6 is 15.9 Å². The number of hydrogen-bond acceptors (Lipinski definition) is 1. The maximum atomic E-state index is 11.7. The van der Waals surface area contributed by atoms with Crippen LogP contribution in [-0.2, 0) is 11.2 Å². The number of carbonyl (C=O) groups excluding carboxylic acids is 1. The summed E-state index contributed by atoms with van der Waals surface area (Å²) in [5.41, 5.74) is 2.57. The van der Waals surface area contributed by atoms with Gasteiger partial charge in [0, 0.05) is 6.54 Å². The molecule has 0 heterocycles. The summed E-state index contributed by atoms with van der Waals surface area (Å²) >= 11 is 3.40. The van der Waals surface area contributed by atoms with Gasteiger partial charge >= 0.3 is 0 Å². The molecule has 0 aliphatic carbocycles. The van der Waals surface area contributed by atoms with Gasteiger partial charge in [0.15, 0.2) is 0 Å².